The molecule has 17 heavy (non-hydrogen) atoms. The quantitative estimate of drug-likeness (QED) is 0.834. The van der Waals surface area contributed by atoms with E-state index in [0.29, 0.717) is 16.6 Å². The zero-order valence-electron chi connectivity index (χ0n) is 8.81. The highest BCUT2D eigenvalue weighted by Gasteiger charge is 2.33. The van der Waals surface area contributed by atoms with Gasteiger partial charge in [0.25, 0.3) is 0 Å². The molecular formula is C11H11BrF3NO. The van der Waals surface area contributed by atoms with Gasteiger partial charge in [-0.2, -0.15) is 13.2 Å². The molecule has 2 rings (SSSR count). The van der Waals surface area contributed by atoms with E-state index in [0.717, 1.165) is 25.1 Å². The Hall–Kier alpha value is -0.750. The fourth-order valence-electron chi connectivity index (χ4n) is 2.07. The number of alkyl halides is 3. The standard InChI is InChI=1S/C11H11BrF3NO/c12-8-3-7(11(13,14)15)4-9(17)10(8)6-1-2-16-5-6/h3-4,6,16-17H,1-2,5H2. The van der Waals surface area contributed by atoms with E-state index < -0.39 is 11.7 Å². The van der Waals surface area contributed by atoms with Gasteiger partial charge in [-0.15, -0.1) is 0 Å². The monoisotopic (exact) mass is 309 g/mol. The van der Waals surface area contributed by atoms with Crippen LogP contribution < -0.4 is 5.32 Å². The third kappa shape index (κ3) is 2.57. The molecule has 0 saturated carbocycles. The van der Waals surface area contributed by atoms with Gasteiger partial charge in [-0.05, 0) is 25.1 Å². The molecule has 94 valence electrons. The zero-order valence-corrected chi connectivity index (χ0v) is 10.4. The van der Waals surface area contributed by atoms with Crippen molar-refractivity contribution < 1.29 is 18.3 Å². The first-order chi connectivity index (χ1) is 7.89. The average Bonchev–Trinajstić information content (AvgIpc) is 2.68. The molecule has 2 nitrogen and oxygen atoms in total. The lowest BCUT2D eigenvalue weighted by atomic mass is 9.96. The van der Waals surface area contributed by atoms with Crippen LogP contribution in [0.25, 0.3) is 0 Å². The lowest BCUT2D eigenvalue weighted by Crippen LogP contribution is -2.10. The summed E-state index contributed by atoms with van der Waals surface area (Å²) < 4.78 is 37.9. The van der Waals surface area contributed by atoms with Crippen molar-refractivity contribution >= 4 is 15.9 Å². The van der Waals surface area contributed by atoms with Crippen LogP contribution in [0.5, 0.6) is 5.75 Å². The number of rotatable bonds is 1. The van der Waals surface area contributed by atoms with E-state index in [2.05, 4.69) is 21.2 Å². The van der Waals surface area contributed by atoms with Crippen LogP contribution in [0, 0.1) is 0 Å². The summed E-state index contributed by atoms with van der Waals surface area (Å²) in [6.45, 7) is 1.50. The number of phenols is 1. The van der Waals surface area contributed by atoms with E-state index in [-0.39, 0.29) is 11.7 Å². The average molecular weight is 310 g/mol. The molecule has 0 aromatic heterocycles. The van der Waals surface area contributed by atoms with E-state index in [1.165, 1.54) is 0 Å². The summed E-state index contributed by atoms with van der Waals surface area (Å²) in [5.41, 5.74) is -0.278. The minimum absolute atomic E-state index is 0.0617. The molecule has 1 heterocycles. The third-order valence-electron chi connectivity index (χ3n) is 2.90. The molecule has 2 N–H and O–H groups in total. The van der Waals surface area contributed by atoms with Crippen molar-refractivity contribution in [3.63, 3.8) is 0 Å². The fraction of sp³-hybridized carbons (Fsp3) is 0.455. The Morgan fingerprint density at radius 2 is 2.06 bits per heavy atom. The first-order valence-electron chi connectivity index (χ1n) is 5.20. The van der Waals surface area contributed by atoms with E-state index in [4.69, 9.17) is 0 Å². The van der Waals surface area contributed by atoms with Gasteiger partial charge in [-0.3, -0.25) is 0 Å². The Bertz CT molecular complexity index is 404. The van der Waals surface area contributed by atoms with Crippen LogP contribution in [0.1, 0.15) is 23.5 Å². The van der Waals surface area contributed by atoms with Gasteiger partial charge >= 0.3 is 6.18 Å². The summed E-state index contributed by atoms with van der Waals surface area (Å²) in [6.07, 6.45) is -3.62. The molecule has 0 spiro atoms. The van der Waals surface area contributed by atoms with Crippen molar-refractivity contribution in [3.8, 4) is 5.75 Å². The van der Waals surface area contributed by atoms with Gasteiger partial charge in [-0.25, -0.2) is 0 Å². The highest BCUT2D eigenvalue weighted by atomic mass is 79.9. The van der Waals surface area contributed by atoms with Crippen LogP contribution in [0.15, 0.2) is 16.6 Å². The second kappa shape index (κ2) is 4.49. The SMILES string of the molecule is Oc1cc(C(F)(F)F)cc(Br)c1C1CCNC1. The lowest BCUT2D eigenvalue weighted by molar-refractivity contribution is -0.137. The normalized spacial score (nSPS) is 20.8. The Labute approximate surface area is 105 Å². The molecule has 6 heteroatoms. The molecule has 1 aliphatic heterocycles. The second-order valence-electron chi connectivity index (χ2n) is 4.08. The Balaban J connectivity index is 2.42. The summed E-state index contributed by atoms with van der Waals surface area (Å²) in [7, 11) is 0. The molecule has 1 aromatic rings. The Kier molecular flexibility index (Phi) is 3.36. The van der Waals surface area contributed by atoms with Crippen molar-refractivity contribution in [1.29, 1.82) is 0 Å². The highest BCUT2D eigenvalue weighted by Crippen LogP contribution is 2.41. The first kappa shape index (κ1) is 12.7. The van der Waals surface area contributed by atoms with Crippen molar-refractivity contribution in [2.24, 2.45) is 0 Å². The predicted molar refractivity (Wildman–Crippen MR) is 61.0 cm³/mol. The summed E-state index contributed by atoms with van der Waals surface area (Å²) in [4.78, 5) is 0. The molecule has 0 aliphatic carbocycles. The van der Waals surface area contributed by atoms with Gasteiger partial charge in [0.2, 0.25) is 0 Å². The molecule has 0 bridgehead atoms. The van der Waals surface area contributed by atoms with Crippen LogP contribution in [0.2, 0.25) is 0 Å². The molecule has 1 unspecified atom stereocenters. The topological polar surface area (TPSA) is 32.3 Å². The number of aromatic hydroxyl groups is 1. The summed E-state index contributed by atoms with van der Waals surface area (Å²) >= 11 is 3.11. The Morgan fingerprint density at radius 3 is 2.53 bits per heavy atom. The molecule has 1 aromatic carbocycles. The van der Waals surface area contributed by atoms with Crippen molar-refractivity contribution in [2.75, 3.05) is 13.1 Å². The maximum atomic E-state index is 12.5. The van der Waals surface area contributed by atoms with Gasteiger partial charge in [-0.1, -0.05) is 15.9 Å². The summed E-state index contributed by atoms with van der Waals surface area (Å²) in [5, 5.41) is 12.9. The zero-order chi connectivity index (χ0) is 12.6. The number of hydrogen-bond donors (Lipinski definition) is 2. The smallest absolute Gasteiger partial charge is 0.416 e. The molecule has 1 fully saturated rings. The lowest BCUT2D eigenvalue weighted by Gasteiger charge is -2.16. The van der Waals surface area contributed by atoms with Crippen LogP contribution in [0.3, 0.4) is 0 Å². The molecule has 1 aliphatic rings. The van der Waals surface area contributed by atoms with Crippen molar-refractivity contribution in [2.45, 2.75) is 18.5 Å². The molecule has 1 atom stereocenters. The van der Waals surface area contributed by atoms with Crippen molar-refractivity contribution in [3.05, 3.63) is 27.7 Å². The second-order valence-corrected chi connectivity index (χ2v) is 4.93. The maximum absolute atomic E-state index is 12.5. The largest absolute Gasteiger partial charge is 0.508 e. The summed E-state index contributed by atoms with van der Waals surface area (Å²) in [5.74, 6) is -0.230. The molecule has 0 radical (unpaired) electrons. The molecule has 1 saturated heterocycles. The van der Waals surface area contributed by atoms with Crippen LogP contribution in [0.4, 0.5) is 13.2 Å². The van der Waals surface area contributed by atoms with Crippen molar-refractivity contribution in [1.82, 2.24) is 5.32 Å². The van der Waals surface area contributed by atoms with Gasteiger partial charge in [0, 0.05) is 22.5 Å². The van der Waals surface area contributed by atoms with E-state index in [9.17, 15) is 18.3 Å². The van der Waals surface area contributed by atoms with E-state index >= 15 is 0 Å². The number of phenolic OH excluding ortho intramolecular Hbond substituents is 1. The number of nitrogens with one attached hydrogen (secondary N) is 1. The van der Waals surface area contributed by atoms with Gasteiger partial charge in [0.05, 0.1) is 5.56 Å². The fourth-order valence-corrected chi connectivity index (χ4v) is 2.85. The maximum Gasteiger partial charge on any atom is 0.416 e. The third-order valence-corrected chi connectivity index (χ3v) is 3.56. The minimum Gasteiger partial charge on any atom is -0.508 e. The number of halogens is 4. The number of benzene rings is 1. The Morgan fingerprint density at radius 1 is 1.35 bits per heavy atom. The molecule has 0 amide bonds. The van der Waals surface area contributed by atoms with Crippen LogP contribution >= 0.6 is 15.9 Å². The minimum atomic E-state index is -4.44. The van der Waals surface area contributed by atoms with Gasteiger partial charge in [0.1, 0.15) is 5.75 Å². The van der Waals surface area contributed by atoms with E-state index in [1.54, 1.807) is 0 Å². The molecular weight excluding hydrogens is 299 g/mol. The summed E-state index contributed by atoms with van der Waals surface area (Å²) in [6, 6.07) is 1.81. The van der Waals surface area contributed by atoms with Crippen LogP contribution in [-0.2, 0) is 6.18 Å². The van der Waals surface area contributed by atoms with Gasteiger partial charge < -0.3 is 10.4 Å². The highest BCUT2D eigenvalue weighted by molar-refractivity contribution is 9.10. The van der Waals surface area contributed by atoms with E-state index in [1.807, 2.05) is 0 Å². The van der Waals surface area contributed by atoms with Gasteiger partial charge in [0.15, 0.2) is 0 Å². The van der Waals surface area contributed by atoms with Crippen LogP contribution in [-0.4, -0.2) is 18.2 Å². The number of hydrogen-bond acceptors (Lipinski definition) is 2. The first-order valence-corrected chi connectivity index (χ1v) is 5.99. The predicted octanol–water partition coefficient (Wildman–Crippen LogP) is 3.25.